The zero-order chi connectivity index (χ0) is 22.2. The number of halogens is 1. The van der Waals surface area contributed by atoms with Crippen LogP contribution in [0.5, 0.6) is 5.75 Å². The van der Waals surface area contributed by atoms with E-state index in [1.54, 1.807) is 26.2 Å². The van der Waals surface area contributed by atoms with Crippen molar-refractivity contribution in [3.05, 3.63) is 30.6 Å². The second kappa shape index (κ2) is 8.21. The topological polar surface area (TPSA) is 77.8 Å². The minimum Gasteiger partial charge on any atom is -0.491 e. The van der Waals surface area contributed by atoms with Gasteiger partial charge in [-0.3, -0.25) is 4.68 Å². The highest BCUT2D eigenvalue weighted by Crippen LogP contribution is 2.37. The average molecular weight is 419 g/mol. The Labute approximate surface area is 177 Å². The lowest BCUT2D eigenvalue weighted by molar-refractivity contribution is 0.00578. The highest BCUT2D eigenvalue weighted by molar-refractivity contribution is 6.63. The van der Waals surface area contributed by atoms with Gasteiger partial charge in [-0.15, -0.1) is 0 Å². The summed E-state index contributed by atoms with van der Waals surface area (Å²) in [6, 6.07) is 5.61. The Hall–Kier alpha value is -2.10. The summed E-state index contributed by atoms with van der Waals surface area (Å²) in [5.74, 6) is 0.553. The third-order valence-electron chi connectivity index (χ3n) is 5.34. The van der Waals surface area contributed by atoms with E-state index in [1.807, 2.05) is 45.9 Å². The normalized spacial score (nSPS) is 17.9. The number of hydrogen-bond acceptors (Lipinski definition) is 6. The molecule has 0 bridgehead atoms. The van der Waals surface area contributed by atoms with E-state index in [4.69, 9.17) is 14.0 Å². The number of aryl methyl sites for hydroxylation is 1. The van der Waals surface area contributed by atoms with Gasteiger partial charge in [-0.05, 0) is 47.6 Å². The van der Waals surface area contributed by atoms with E-state index in [9.17, 15) is 9.50 Å². The first-order valence-electron chi connectivity index (χ1n) is 10.1. The molecule has 0 saturated carbocycles. The molecular weight excluding hydrogens is 388 g/mol. The van der Waals surface area contributed by atoms with Gasteiger partial charge >= 0.3 is 7.12 Å². The molecule has 1 aromatic carbocycles. The second-order valence-electron chi connectivity index (χ2n) is 9.25. The van der Waals surface area contributed by atoms with Crippen molar-refractivity contribution in [1.29, 1.82) is 0 Å². The number of alkyl halides is 1. The molecule has 7 nitrogen and oxygen atoms in total. The van der Waals surface area contributed by atoms with Crippen LogP contribution in [0.25, 0.3) is 0 Å². The van der Waals surface area contributed by atoms with Crippen LogP contribution in [0.2, 0.25) is 0 Å². The van der Waals surface area contributed by atoms with Gasteiger partial charge in [-0.1, -0.05) is 6.07 Å². The van der Waals surface area contributed by atoms with Gasteiger partial charge in [0.2, 0.25) is 0 Å². The molecule has 0 atom stereocenters. The summed E-state index contributed by atoms with van der Waals surface area (Å²) in [5, 5.41) is 17.5. The van der Waals surface area contributed by atoms with Crippen LogP contribution in [0.1, 0.15) is 41.5 Å². The molecule has 0 aliphatic carbocycles. The molecule has 2 N–H and O–H groups in total. The summed E-state index contributed by atoms with van der Waals surface area (Å²) in [4.78, 5) is 0. The number of aromatic nitrogens is 2. The zero-order valence-corrected chi connectivity index (χ0v) is 18.5. The van der Waals surface area contributed by atoms with Crippen LogP contribution in [-0.4, -0.2) is 52.1 Å². The van der Waals surface area contributed by atoms with Gasteiger partial charge in [0.1, 0.15) is 19.0 Å². The zero-order valence-electron chi connectivity index (χ0n) is 18.5. The van der Waals surface area contributed by atoms with E-state index in [0.717, 1.165) is 16.8 Å². The lowest BCUT2D eigenvalue weighted by Gasteiger charge is -2.32. The van der Waals surface area contributed by atoms with E-state index in [1.165, 1.54) is 4.68 Å². The number of anilines is 2. The Morgan fingerprint density at radius 1 is 1.20 bits per heavy atom. The van der Waals surface area contributed by atoms with E-state index in [-0.39, 0.29) is 13.2 Å². The fourth-order valence-electron chi connectivity index (χ4n) is 2.96. The van der Waals surface area contributed by atoms with E-state index < -0.39 is 30.6 Å². The highest BCUT2D eigenvalue weighted by atomic mass is 19.1. The molecule has 0 amide bonds. The summed E-state index contributed by atoms with van der Waals surface area (Å²) >= 11 is 0. The summed E-state index contributed by atoms with van der Waals surface area (Å²) in [5.41, 5.74) is 0.294. The van der Waals surface area contributed by atoms with Gasteiger partial charge in [-0.2, -0.15) is 5.10 Å². The van der Waals surface area contributed by atoms with E-state index in [2.05, 4.69) is 10.4 Å². The predicted octanol–water partition coefficient (Wildman–Crippen LogP) is 3.05. The van der Waals surface area contributed by atoms with E-state index in [0.29, 0.717) is 5.75 Å². The Morgan fingerprint density at radius 3 is 2.47 bits per heavy atom. The SMILES string of the molecule is CC(C)(O)COc1cc(Nc2cnn(CCF)c2)ccc1B1OC(C)(C)C(C)(C)O1. The van der Waals surface area contributed by atoms with Gasteiger partial charge < -0.3 is 24.5 Å². The van der Waals surface area contributed by atoms with Crippen molar-refractivity contribution in [1.82, 2.24) is 9.78 Å². The van der Waals surface area contributed by atoms with Gasteiger partial charge in [0.05, 0.1) is 35.2 Å². The number of rotatable bonds is 8. The number of nitrogens with one attached hydrogen (secondary N) is 1. The lowest BCUT2D eigenvalue weighted by Crippen LogP contribution is -2.41. The van der Waals surface area contributed by atoms with Gasteiger partial charge in [0, 0.05) is 23.4 Å². The van der Waals surface area contributed by atoms with E-state index >= 15 is 0 Å². The fraction of sp³-hybridized carbons (Fsp3) is 0.571. The first kappa shape index (κ1) is 22.6. The number of hydrogen-bond donors (Lipinski definition) is 2. The molecule has 1 aliphatic heterocycles. The maximum absolute atomic E-state index is 12.5. The molecule has 0 radical (unpaired) electrons. The predicted molar refractivity (Wildman–Crippen MR) is 115 cm³/mol. The summed E-state index contributed by atoms with van der Waals surface area (Å²) < 4.78 is 32.3. The van der Waals surface area contributed by atoms with Crippen molar-refractivity contribution in [2.24, 2.45) is 0 Å². The Morgan fingerprint density at radius 2 is 1.87 bits per heavy atom. The maximum atomic E-state index is 12.5. The van der Waals surface area contributed by atoms with Crippen molar-refractivity contribution >= 4 is 24.0 Å². The molecule has 0 unspecified atom stereocenters. The second-order valence-corrected chi connectivity index (χ2v) is 9.25. The minimum absolute atomic E-state index is 0.109. The summed E-state index contributed by atoms with van der Waals surface area (Å²) in [6.45, 7) is 11.2. The van der Waals surface area contributed by atoms with Crippen molar-refractivity contribution in [3.63, 3.8) is 0 Å². The molecule has 1 aromatic heterocycles. The third-order valence-corrected chi connectivity index (χ3v) is 5.34. The highest BCUT2D eigenvalue weighted by Gasteiger charge is 2.52. The molecule has 1 fully saturated rings. The smallest absolute Gasteiger partial charge is 0.491 e. The van der Waals surface area contributed by atoms with Crippen LogP contribution in [-0.2, 0) is 15.9 Å². The Bertz CT molecular complexity index is 863. The quantitative estimate of drug-likeness (QED) is 0.641. The third kappa shape index (κ3) is 5.14. The first-order chi connectivity index (χ1) is 13.9. The Kier molecular flexibility index (Phi) is 6.18. The monoisotopic (exact) mass is 419 g/mol. The minimum atomic E-state index is -0.996. The van der Waals surface area contributed by atoms with Gasteiger partial charge in [0.25, 0.3) is 0 Å². The molecule has 9 heteroatoms. The van der Waals surface area contributed by atoms with Crippen molar-refractivity contribution in [3.8, 4) is 5.75 Å². The lowest BCUT2D eigenvalue weighted by atomic mass is 9.78. The van der Waals surface area contributed by atoms with Crippen LogP contribution < -0.4 is 15.5 Å². The molecule has 2 aromatic rings. The molecule has 0 spiro atoms. The van der Waals surface area contributed by atoms with Crippen LogP contribution in [0.15, 0.2) is 30.6 Å². The summed E-state index contributed by atoms with van der Waals surface area (Å²) in [7, 11) is -0.590. The van der Waals surface area contributed by atoms with Gasteiger partial charge in [-0.25, -0.2) is 4.39 Å². The van der Waals surface area contributed by atoms with Gasteiger partial charge in [0.15, 0.2) is 0 Å². The van der Waals surface area contributed by atoms with Crippen LogP contribution >= 0.6 is 0 Å². The number of ether oxygens (including phenoxy) is 1. The van der Waals surface area contributed by atoms with Crippen molar-refractivity contribution in [2.75, 3.05) is 18.6 Å². The maximum Gasteiger partial charge on any atom is 0.498 e. The summed E-state index contributed by atoms with van der Waals surface area (Å²) in [6.07, 6.45) is 3.37. The number of benzene rings is 1. The Balaban J connectivity index is 1.86. The largest absolute Gasteiger partial charge is 0.498 e. The van der Waals surface area contributed by atoms with Crippen LogP contribution in [0.3, 0.4) is 0 Å². The molecule has 2 heterocycles. The van der Waals surface area contributed by atoms with Crippen molar-refractivity contribution < 1.29 is 23.5 Å². The molecule has 1 aliphatic rings. The van der Waals surface area contributed by atoms with Crippen LogP contribution in [0.4, 0.5) is 15.8 Å². The molecular formula is C21H31BFN3O4. The fourth-order valence-corrected chi connectivity index (χ4v) is 2.96. The molecule has 3 rings (SSSR count). The van der Waals surface area contributed by atoms with Crippen molar-refractivity contribution in [2.45, 2.75) is 64.9 Å². The average Bonchev–Trinajstić information content (AvgIpc) is 3.14. The molecule has 30 heavy (non-hydrogen) atoms. The standard InChI is InChI=1S/C21H31BFN3O4/c1-19(2,27)14-28-18-11-15(25-16-12-24-26(13-16)10-9-23)7-8-17(18)22-29-20(3,4)21(5,6)30-22/h7-8,11-13,25,27H,9-10,14H2,1-6H3. The van der Waals surface area contributed by atoms with Crippen LogP contribution in [0, 0.1) is 0 Å². The molecule has 164 valence electrons. The number of aliphatic hydroxyl groups is 1. The molecule has 1 saturated heterocycles. The number of nitrogens with zero attached hydrogens (tertiary/aromatic N) is 2. The first-order valence-corrected chi connectivity index (χ1v) is 10.1.